The molecule has 5 N–H and O–H groups in total. The van der Waals surface area contributed by atoms with Crippen molar-refractivity contribution < 1.29 is 47.8 Å². The molecule has 0 saturated carbocycles. The van der Waals surface area contributed by atoms with Crippen LogP contribution in [0, 0.1) is 5.92 Å². The molecule has 57 heavy (non-hydrogen) atoms. The van der Waals surface area contributed by atoms with E-state index in [2.05, 4.69) is 16.0 Å². The van der Waals surface area contributed by atoms with E-state index in [0.29, 0.717) is 30.4 Å². The summed E-state index contributed by atoms with van der Waals surface area (Å²) in [6.45, 7) is 4.90. The molecule has 4 atom stereocenters. The zero-order valence-corrected chi connectivity index (χ0v) is 33.2. The fraction of sp³-hybridized carbons (Fsp3) is 0.326. The number of nitrogens with one attached hydrogen (secondary N) is 3. The number of carbonyl (C=O) groups is 5. The summed E-state index contributed by atoms with van der Waals surface area (Å²) < 4.78 is 23.6. The number of carbonyl (C=O) groups excluding carboxylic acids is 5. The van der Waals surface area contributed by atoms with E-state index in [1.54, 1.807) is 31.2 Å². The first-order chi connectivity index (χ1) is 27.2. The second kappa shape index (κ2) is 21.6. The molecule has 0 aliphatic carbocycles. The van der Waals surface area contributed by atoms with Crippen molar-refractivity contribution in [3.05, 3.63) is 131 Å². The van der Waals surface area contributed by atoms with Crippen molar-refractivity contribution in [1.82, 2.24) is 16.0 Å². The van der Waals surface area contributed by atoms with Gasteiger partial charge in [-0.05, 0) is 65.3 Å². The van der Waals surface area contributed by atoms with E-state index in [9.17, 15) is 38.3 Å². The minimum absolute atomic E-state index is 0.106. The maximum Gasteiger partial charge on any atom is 0.347 e. The number of aryl methyl sites for hydroxylation is 2. The lowest BCUT2D eigenvalue weighted by molar-refractivity contribution is -0.135. The Kier molecular flexibility index (Phi) is 16.7. The van der Waals surface area contributed by atoms with E-state index < -0.39 is 55.1 Å². The molecule has 13 nitrogen and oxygen atoms in total. The van der Waals surface area contributed by atoms with E-state index in [0.717, 1.165) is 11.1 Å². The Morgan fingerprint density at radius 2 is 1.07 bits per heavy atom. The van der Waals surface area contributed by atoms with Gasteiger partial charge >= 0.3 is 19.5 Å². The van der Waals surface area contributed by atoms with Gasteiger partial charge < -0.3 is 35.2 Å². The molecule has 0 fully saturated rings. The second-order valence-corrected chi connectivity index (χ2v) is 15.7. The molecule has 0 aliphatic heterocycles. The molecule has 4 aromatic rings. The van der Waals surface area contributed by atoms with Crippen LogP contribution in [0.1, 0.15) is 62.3 Å². The van der Waals surface area contributed by atoms with Gasteiger partial charge in [-0.3, -0.25) is 28.5 Å². The summed E-state index contributed by atoms with van der Waals surface area (Å²) >= 11 is 0. The quantitative estimate of drug-likeness (QED) is 0.0450. The standard InChI is InChI=1S/C43H50N3O10P/c1-4-29(2)41(44-30(3)47)43(51)45-37(27-33-15-21-35(22-16-33)55-39(48)25-19-31-11-7-5-8-12-31)42(50)46-38(57(52,53)54)28-34-17-23-36(24-18-34)56-40(49)26-20-32-13-9-6-10-14-32/h5-18,21-24,29,37-38,41H,4,19-20,25-28H2,1-3H3,(H,44,47)(H,45,51)(H,46,50)(H2,52,53,54)/t29-,37-,38+,41-/m0/s1. The summed E-state index contributed by atoms with van der Waals surface area (Å²) in [5.41, 5.74) is 2.97. The molecule has 0 unspecified atom stereocenters. The Hall–Kier alpha value is -5.62. The predicted octanol–water partition coefficient (Wildman–Crippen LogP) is 5.20. The Balaban J connectivity index is 1.45. The molecule has 14 heteroatoms. The summed E-state index contributed by atoms with van der Waals surface area (Å²) in [4.78, 5) is 84.9. The van der Waals surface area contributed by atoms with Crippen LogP contribution in [-0.4, -0.2) is 57.3 Å². The molecule has 0 aliphatic rings. The predicted molar refractivity (Wildman–Crippen MR) is 214 cm³/mol. The van der Waals surface area contributed by atoms with Gasteiger partial charge in [0, 0.05) is 32.6 Å². The Bertz CT molecular complexity index is 1990. The molecule has 4 aromatic carbocycles. The first-order valence-corrected chi connectivity index (χ1v) is 20.5. The van der Waals surface area contributed by atoms with Gasteiger partial charge in [0.25, 0.3) is 0 Å². The number of hydrogen-bond donors (Lipinski definition) is 5. The van der Waals surface area contributed by atoms with Crippen LogP contribution in [0.3, 0.4) is 0 Å². The summed E-state index contributed by atoms with van der Waals surface area (Å²) in [7, 11) is -4.96. The van der Waals surface area contributed by atoms with Gasteiger partial charge in [-0.15, -0.1) is 0 Å². The fourth-order valence-corrected chi connectivity index (χ4v) is 6.65. The zero-order valence-electron chi connectivity index (χ0n) is 32.3. The van der Waals surface area contributed by atoms with Gasteiger partial charge in [-0.2, -0.15) is 0 Å². The lowest BCUT2D eigenvalue weighted by Gasteiger charge is -2.28. The average Bonchev–Trinajstić information content (AvgIpc) is 3.19. The van der Waals surface area contributed by atoms with Crippen LogP contribution >= 0.6 is 7.60 Å². The number of rotatable bonds is 20. The van der Waals surface area contributed by atoms with Crippen LogP contribution < -0.4 is 25.4 Å². The van der Waals surface area contributed by atoms with Gasteiger partial charge in [-0.25, -0.2) is 0 Å². The first kappa shape index (κ1) is 44.1. The van der Waals surface area contributed by atoms with Gasteiger partial charge in [-0.1, -0.05) is 105 Å². The largest absolute Gasteiger partial charge is 0.427 e. The lowest BCUT2D eigenvalue weighted by Crippen LogP contribution is -2.57. The van der Waals surface area contributed by atoms with Crippen molar-refractivity contribution in [1.29, 1.82) is 0 Å². The topological polar surface area (TPSA) is 197 Å². The van der Waals surface area contributed by atoms with E-state index in [1.807, 2.05) is 67.6 Å². The molecular weight excluding hydrogens is 749 g/mol. The highest BCUT2D eigenvalue weighted by molar-refractivity contribution is 7.52. The maximum atomic E-state index is 13.9. The SMILES string of the molecule is CC[C@H](C)[C@H](NC(C)=O)C(=O)N[C@@H](Cc1ccc(OC(=O)CCc2ccccc2)cc1)C(=O)N[C@@H](Cc1ccc(OC(=O)CCc2ccccc2)cc1)P(=O)(O)O. The first-order valence-electron chi connectivity index (χ1n) is 18.8. The van der Waals surface area contributed by atoms with Crippen molar-refractivity contribution >= 4 is 37.3 Å². The number of benzene rings is 4. The molecule has 0 saturated heterocycles. The number of hydrogen-bond acceptors (Lipinski definition) is 8. The van der Waals surface area contributed by atoms with Crippen molar-refractivity contribution in [2.45, 2.75) is 83.6 Å². The summed E-state index contributed by atoms with van der Waals surface area (Å²) in [5, 5.41) is 7.75. The van der Waals surface area contributed by atoms with E-state index in [-0.39, 0.29) is 43.1 Å². The van der Waals surface area contributed by atoms with Crippen molar-refractivity contribution in [3.63, 3.8) is 0 Å². The zero-order chi connectivity index (χ0) is 41.4. The van der Waals surface area contributed by atoms with Gasteiger partial charge in [0.05, 0.1) is 0 Å². The van der Waals surface area contributed by atoms with Gasteiger partial charge in [0.1, 0.15) is 29.4 Å². The Labute approximate surface area is 332 Å². The van der Waals surface area contributed by atoms with Crippen LogP contribution in [0.5, 0.6) is 11.5 Å². The normalized spacial score (nSPS) is 13.3. The number of ether oxygens (including phenoxy) is 2. The molecule has 0 bridgehead atoms. The third-order valence-electron chi connectivity index (χ3n) is 9.30. The van der Waals surface area contributed by atoms with Crippen LogP contribution in [0.4, 0.5) is 0 Å². The highest BCUT2D eigenvalue weighted by Crippen LogP contribution is 2.41. The molecular formula is C43H50N3O10P. The van der Waals surface area contributed by atoms with Crippen molar-refractivity contribution in [2.24, 2.45) is 5.92 Å². The van der Waals surface area contributed by atoms with Gasteiger partial charge in [0.2, 0.25) is 17.7 Å². The minimum atomic E-state index is -4.96. The third-order valence-corrected chi connectivity index (χ3v) is 10.4. The van der Waals surface area contributed by atoms with E-state index in [1.165, 1.54) is 31.2 Å². The lowest BCUT2D eigenvalue weighted by atomic mass is 9.97. The molecule has 0 aromatic heterocycles. The molecule has 302 valence electrons. The molecule has 0 heterocycles. The van der Waals surface area contributed by atoms with Crippen LogP contribution in [-0.2, 0) is 54.2 Å². The number of esters is 2. The molecule has 3 amide bonds. The van der Waals surface area contributed by atoms with Crippen LogP contribution in [0.15, 0.2) is 109 Å². The Morgan fingerprint density at radius 1 is 0.614 bits per heavy atom. The molecule has 0 spiro atoms. The monoisotopic (exact) mass is 799 g/mol. The van der Waals surface area contributed by atoms with Crippen LogP contribution in [0.2, 0.25) is 0 Å². The highest BCUT2D eigenvalue weighted by Gasteiger charge is 2.35. The Morgan fingerprint density at radius 3 is 1.49 bits per heavy atom. The second-order valence-electron chi connectivity index (χ2n) is 13.9. The van der Waals surface area contributed by atoms with Crippen molar-refractivity contribution in [3.8, 4) is 11.5 Å². The fourth-order valence-electron chi connectivity index (χ4n) is 5.90. The minimum Gasteiger partial charge on any atom is -0.427 e. The summed E-state index contributed by atoms with van der Waals surface area (Å²) in [6, 6.07) is 29.1. The molecule has 4 rings (SSSR count). The summed E-state index contributed by atoms with van der Waals surface area (Å²) in [6.07, 6.45) is 1.48. The van der Waals surface area contributed by atoms with Crippen LogP contribution in [0.25, 0.3) is 0 Å². The highest BCUT2D eigenvalue weighted by atomic mass is 31.2. The van der Waals surface area contributed by atoms with E-state index in [4.69, 9.17) is 9.47 Å². The summed E-state index contributed by atoms with van der Waals surface area (Å²) in [5.74, 6) is -4.29. The van der Waals surface area contributed by atoms with E-state index >= 15 is 0 Å². The van der Waals surface area contributed by atoms with Crippen molar-refractivity contribution in [2.75, 3.05) is 0 Å². The average molecular weight is 800 g/mol. The maximum absolute atomic E-state index is 13.9. The number of amides is 3. The van der Waals surface area contributed by atoms with Gasteiger partial charge in [0.15, 0.2) is 0 Å². The molecule has 0 radical (unpaired) electrons. The third kappa shape index (κ3) is 15.1. The smallest absolute Gasteiger partial charge is 0.347 e.